The first-order valence-corrected chi connectivity index (χ1v) is 9.97. The Morgan fingerprint density at radius 1 is 1.24 bits per heavy atom. The van der Waals surface area contributed by atoms with E-state index in [2.05, 4.69) is 0 Å². The molecular formula is C24H32F2N4O3. The molecule has 0 saturated heterocycles. The number of anilines is 2. The van der Waals surface area contributed by atoms with Crippen LogP contribution in [0.25, 0.3) is 0 Å². The Labute approximate surface area is 193 Å². The molecule has 0 amide bonds. The maximum absolute atomic E-state index is 12.9. The lowest BCUT2D eigenvalue weighted by molar-refractivity contribution is -0.113. The summed E-state index contributed by atoms with van der Waals surface area (Å²) in [6.45, 7) is 9.78. The number of nitrogens with two attached hydrogens (primary N) is 2. The van der Waals surface area contributed by atoms with Gasteiger partial charge in [0.1, 0.15) is 18.6 Å². The van der Waals surface area contributed by atoms with E-state index >= 15 is 0 Å². The highest BCUT2D eigenvalue weighted by molar-refractivity contribution is 5.71. The van der Waals surface area contributed by atoms with E-state index < -0.39 is 12.5 Å². The molecule has 0 aliphatic rings. The second kappa shape index (κ2) is 13.8. The van der Waals surface area contributed by atoms with E-state index in [4.69, 9.17) is 21.0 Å². The van der Waals surface area contributed by atoms with E-state index in [1.807, 2.05) is 33.6 Å². The van der Waals surface area contributed by atoms with E-state index in [1.54, 1.807) is 37.1 Å². The average Bonchev–Trinajstić information content (AvgIpc) is 2.74. The predicted molar refractivity (Wildman–Crippen MR) is 126 cm³/mol. The minimum absolute atomic E-state index is 0. The Morgan fingerprint density at radius 2 is 1.82 bits per heavy atom. The third-order valence-electron chi connectivity index (χ3n) is 3.79. The third kappa shape index (κ3) is 11.1. The van der Waals surface area contributed by atoms with Crippen molar-refractivity contribution in [3.05, 3.63) is 53.1 Å². The van der Waals surface area contributed by atoms with Crippen LogP contribution in [0.2, 0.25) is 0 Å². The number of rotatable bonds is 7. The van der Waals surface area contributed by atoms with Crippen LogP contribution in [-0.4, -0.2) is 31.8 Å². The van der Waals surface area contributed by atoms with Gasteiger partial charge in [-0.25, -0.2) is 8.78 Å². The molecule has 0 heterocycles. The minimum Gasteiger partial charge on any atom is -0.481 e. The number of alkyl halides is 2. The summed E-state index contributed by atoms with van der Waals surface area (Å²) in [5, 5.41) is 9.20. The number of carbonyl (C=O) groups excluding carboxylic acids is 2. The fraction of sp³-hybridized carbons (Fsp3) is 0.375. The van der Waals surface area contributed by atoms with Crippen LogP contribution in [0.5, 0.6) is 5.75 Å². The van der Waals surface area contributed by atoms with E-state index in [0.29, 0.717) is 29.8 Å². The molecule has 0 bridgehead atoms. The van der Waals surface area contributed by atoms with E-state index in [9.17, 15) is 18.8 Å². The normalized spacial score (nSPS) is 11.2. The van der Waals surface area contributed by atoms with E-state index in [0.717, 1.165) is 0 Å². The molecule has 0 saturated carbocycles. The van der Waals surface area contributed by atoms with Crippen molar-refractivity contribution < 1.29 is 23.1 Å². The molecule has 180 valence electrons. The molecular weight excluding hydrogens is 430 g/mol. The number of halogens is 2. The van der Waals surface area contributed by atoms with Crippen molar-refractivity contribution in [3.63, 3.8) is 0 Å². The van der Waals surface area contributed by atoms with Gasteiger partial charge in [0.25, 0.3) is 6.43 Å². The van der Waals surface area contributed by atoms with Gasteiger partial charge in [0.05, 0.1) is 16.9 Å². The van der Waals surface area contributed by atoms with Crippen molar-refractivity contribution in [2.24, 2.45) is 5.73 Å². The van der Waals surface area contributed by atoms with Gasteiger partial charge in [0.15, 0.2) is 12.4 Å². The number of nitrogens with zero attached hydrogens (tertiary/aromatic N) is 2. The van der Waals surface area contributed by atoms with Crippen LogP contribution < -0.4 is 21.1 Å². The number of nitrogen functional groups attached to an aromatic ring is 1. The quantitative estimate of drug-likeness (QED) is 0.466. The molecule has 33 heavy (non-hydrogen) atoms. The molecule has 0 spiro atoms. The molecule has 9 heteroatoms. The fourth-order valence-corrected chi connectivity index (χ4v) is 2.49. The molecule has 4 N–H and O–H groups in total. The maximum Gasteiger partial charge on any atom is 0.263 e. The zero-order valence-corrected chi connectivity index (χ0v) is 19.6. The van der Waals surface area contributed by atoms with Crippen molar-refractivity contribution in [3.8, 4) is 11.8 Å². The van der Waals surface area contributed by atoms with Crippen molar-refractivity contribution in [1.29, 1.82) is 5.26 Å². The van der Waals surface area contributed by atoms with Gasteiger partial charge in [0.2, 0.25) is 0 Å². The average molecular weight is 463 g/mol. The van der Waals surface area contributed by atoms with E-state index in [-0.39, 0.29) is 22.4 Å². The number of hydrogen-bond acceptors (Lipinski definition) is 7. The zero-order valence-electron chi connectivity index (χ0n) is 19.6. The largest absolute Gasteiger partial charge is 0.481 e. The van der Waals surface area contributed by atoms with Gasteiger partial charge < -0.3 is 25.9 Å². The van der Waals surface area contributed by atoms with Crippen molar-refractivity contribution >= 4 is 24.5 Å². The number of ether oxygens (including phenoxy) is 1. The van der Waals surface area contributed by atoms with Gasteiger partial charge in [-0.3, -0.25) is 4.79 Å². The standard InChI is InChI=1S/C19H19F2N3O2.C4H11N.CH2O/c1-12(11-25)26-18-8-16(23)15(9-22)7-17(18)24(2)10-13-4-3-5-14(6-13)19(20)21;1-4(2,3)5;1-2/h3-8,11-12,19H,10,23H2,1-2H3;5H2,1-3H3;1H2. The lowest BCUT2D eigenvalue weighted by atomic mass is 10.1. The summed E-state index contributed by atoms with van der Waals surface area (Å²) in [4.78, 5) is 20.6. The van der Waals surface area contributed by atoms with Gasteiger partial charge in [0, 0.05) is 30.8 Å². The Balaban J connectivity index is 0.00000129. The molecule has 0 fully saturated rings. The van der Waals surface area contributed by atoms with Crippen LogP contribution in [0.4, 0.5) is 20.2 Å². The maximum atomic E-state index is 12.9. The molecule has 2 rings (SSSR count). The van der Waals surface area contributed by atoms with Crippen LogP contribution in [0.1, 0.15) is 50.8 Å². The van der Waals surface area contributed by atoms with Gasteiger partial charge in [-0.1, -0.05) is 18.2 Å². The first-order valence-electron chi connectivity index (χ1n) is 9.97. The lowest BCUT2D eigenvalue weighted by Gasteiger charge is -2.24. The Hall–Kier alpha value is -3.51. The van der Waals surface area contributed by atoms with Crippen LogP contribution in [0, 0.1) is 11.3 Å². The highest BCUT2D eigenvalue weighted by Crippen LogP contribution is 2.34. The van der Waals surface area contributed by atoms with Gasteiger partial charge in [-0.15, -0.1) is 0 Å². The van der Waals surface area contributed by atoms with E-state index in [1.165, 1.54) is 18.2 Å². The molecule has 2 aromatic carbocycles. The number of benzene rings is 2. The summed E-state index contributed by atoms with van der Waals surface area (Å²) in [5.74, 6) is 0.341. The summed E-state index contributed by atoms with van der Waals surface area (Å²) < 4.78 is 31.3. The summed E-state index contributed by atoms with van der Waals surface area (Å²) in [6, 6.07) is 11.1. The molecule has 1 unspecified atom stereocenters. The molecule has 0 radical (unpaired) electrons. The Kier molecular flexibility index (Phi) is 12.3. The van der Waals surface area contributed by atoms with Crippen molar-refractivity contribution in [2.45, 2.75) is 52.3 Å². The van der Waals surface area contributed by atoms with Gasteiger partial charge >= 0.3 is 0 Å². The lowest BCUT2D eigenvalue weighted by Crippen LogP contribution is -2.26. The third-order valence-corrected chi connectivity index (χ3v) is 3.79. The monoisotopic (exact) mass is 462 g/mol. The molecule has 1 atom stereocenters. The molecule has 7 nitrogen and oxygen atoms in total. The Bertz CT molecular complexity index is 934. The molecule has 2 aromatic rings. The smallest absolute Gasteiger partial charge is 0.263 e. The highest BCUT2D eigenvalue weighted by Gasteiger charge is 2.16. The zero-order chi connectivity index (χ0) is 25.8. The van der Waals surface area contributed by atoms with Crippen LogP contribution in [0.3, 0.4) is 0 Å². The second-order valence-electron chi connectivity index (χ2n) is 8.25. The first kappa shape index (κ1) is 29.5. The predicted octanol–water partition coefficient (Wildman–Crippen LogP) is 4.24. The molecule has 0 aliphatic heterocycles. The highest BCUT2D eigenvalue weighted by atomic mass is 19.3. The topological polar surface area (TPSA) is 122 Å². The fourth-order valence-electron chi connectivity index (χ4n) is 2.49. The summed E-state index contributed by atoms with van der Waals surface area (Å²) in [7, 11) is 1.74. The number of carbonyl (C=O) groups is 2. The SMILES string of the molecule is C=O.CC(C)(C)N.CC(C=O)Oc1cc(N)c(C#N)cc1N(C)Cc1cccc(C(F)F)c1. The number of aldehydes is 1. The molecule has 0 aromatic heterocycles. The number of nitriles is 1. The molecule has 0 aliphatic carbocycles. The minimum atomic E-state index is -2.55. The van der Waals surface area contributed by atoms with Gasteiger partial charge in [-0.05, 0) is 45.4 Å². The first-order chi connectivity index (χ1) is 15.3. The van der Waals surface area contributed by atoms with Crippen molar-refractivity contribution in [1.82, 2.24) is 0 Å². The summed E-state index contributed by atoms with van der Waals surface area (Å²) >= 11 is 0. The van der Waals surface area contributed by atoms with Crippen molar-refractivity contribution in [2.75, 3.05) is 17.7 Å². The van der Waals surface area contributed by atoms with Crippen LogP contribution in [-0.2, 0) is 16.1 Å². The van der Waals surface area contributed by atoms with Gasteiger partial charge in [-0.2, -0.15) is 5.26 Å². The van der Waals surface area contributed by atoms with Crippen LogP contribution in [0.15, 0.2) is 36.4 Å². The van der Waals surface area contributed by atoms with Crippen LogP contribution >= 0.6 is 0 Å². The number of hydrogen-bond donors (Lipinski definition) is 2. The second-order valence-corrected chi connectivity index (χ2v) is 8.25. The Morgan fingerprint density at radius 3 is 2.30 bits per heavy atom. The summed E-state index contributed by atoms with van der Waals surface area (Å²) in [6.07, 6.45) is -2.60. The summed E-state index contributed by atoms with van der Waals surface area (Å²) in [5.41, 5.74) is 12.8.